The highest BCUT2D eigenvalue weighted by atomic mass is 32.2. The van der Waals surface area contributed by atoms with E-state index in [-0.39, 0.29) is 5.91 Å². The molecule has 1 aromatic heterocycles. The summed E-state index contributed by atoms with van der Waals surface area (Å²) in [4.78, 5) is 19.2. The lowest BCUT2D eigenvalue weighted by atomic mass is 9.92. The number of hydrogen-bond acceptors (Lipinski definition) is 3. The van der Waals surface area contributed by atoms with E-state index in [1.807, 2.05) is 23.1 Å². The molecule has 23 heavy (non-hydrogen) atoms. The standard InChI is InChI=1S/C19H24N2OS/c1-13-8-14(2)11-21(10-13)19(22)12-23-18-9-15(3)16-6-4-5-7-17(16)20-18/h4-7,9,13-14H,8,10-12H2,1-3H3/t13-,14+. The van der Waals surface area contributed by atoms with Crippen LogP contribution in [0.4, 0.5) is 0 Å². The summed E-state index contributed by atoms with van der Waals surface area (Å²) in [6, 6.07) is 10.2. The Morgan fingerprint density at radius 2 is 1.96 bits per heavy atom. The number of benzene rings is 1. The van der Waals surface area contributed by atoms with E-state index in [0.717, 1.165) is 23.6 Å². The van der Waals surface area contributed by atoms with Crippen LogP contribution in [0.3, 0.4) is 0 Å². The van der Waals surface area contributed by atoms with Gasteiger partial charge in [-0.15, -0.1) is 0 Å². The highest BCUT2D eigenvalue weighted by molar-refractivity contribution is 7.99. The molecule has 3 nitrogen and oxygen atoms in total. The third-order valence-electron chi connectivity index (χ3n) is 4.46. The van der Waals surface area contributed by atoms with Crippen LogP contribution in [0.1, 0.15) is 25.8 Å². The van der Waals surface area contributed by atoms with Gasteiger partial charge in [0.25, 0.3) is 0 Å². The Labute approximate surface area is 142 Å². The Kier molecular flexibility index (Phi) is 4.90. The summed E-state index contributed by atoms with van der Waals surface area (Å²) < 4.78 is 0. The zero-order chi connectivity index (χ0) is 16.4. The monoisotopic (exact) mass is 328 g/mol. The Bertz CT molecular complexity index is 706. The molecule has 1 aliphatic heterocycles. The molecular weight excluding hydrogens is 304 g/mol. The van der Waals surface area contributed by atoms with Gasteiger partial charge >= 0.3 is 0 Å². The maximum Gasteiger partial charge on any atom is 0.233 e. The number of aryl methyl sites for hydroxylation is 1. The van der Waals surface area contributed by atoms with E-state index in [2.05, 4.69) is 37.9 Å². The minimum Gasteiger partial charge on any atom is -0.341 e. The summed E-state index contributed by atoms with van der Waals surface area (Å²) in [7, 11) is 0. The Morgan fingerprint density at radius 1 is 1.26 bits per heavy atom. The number of para-hydroxylation sites is 1. The van der Waals surface area contributed by atoms with E-state index in [9.17, 15) is 4.79 Å². The van der Waals surface area contributed by atoms with Gasteiger partial charge in [0.1, 0.15) is 0 Å². The van der Waals surface area contributed by atoms with E-state index in [1.165, 1.54) is 17.4 Å². The summed E-state index contributed by atoms with van der Waals surface area (Å²) >= 11 is 1.55. The van der Waals surface area contributed by atoms with Crippen LogP contribution in [0.25, 0.3) is 10.9 Å². The number of amides is 1. The number of aromatic nitrogens is 1. The first kappa shape index (κ1) is 16.3. The SMILES string of the molecule is Cc1cc(SCC(=O)N2C[C@H](C)C[C@H](C)C2)nc2ccccc12. The molecule has 1 aliphatic rings. The average molecular weight is 328 g/mol. The fourth-order valence-electron chi connectivity index (χ4n) is 3.49. The predicted octanol–water partition coefficient (Wildman–Crippen LogP) is 4.14. The van der Waals surface area contributed by atoms with Crippen LogP contribution in [0, 0.1) is 18.8 Å². The summed E-state index contributed by atoms with van der Waals surface area (Å²) in [5.41, 5.74) is 2.22. The Hall–Kier alpha value is -1.55. The zero-order valence-electron chi connectivity index (χ0n) is 14.1. The molecule has 0 N–H and O–H groups in total. The molecule has 2 aromatic rings. The van der Waals surface area contributed by atoms with Gasteiger partial charge in [0, 0.05) is 18.5 Å². The highest BCUT2D eigenvalue weighted by Crippen LogP contribution is 2.25. The quantitative estimate of drug-likeness (QED) is 0.794. The van der Waals surface area contributed by atoms with Crippen molar-refractivity contribution in [1.29, 1.82) is 0 Å². The van der Waals surface area contributed by atoms with Gasteiger partial charge in [0.15, 0.2) is 0 Å². The molecule has 122 valence electrons. The number of carbonyl (C=O) groups excluding carboxylic acids is 1. The molecule has 0 spiro atoms. The number of pyridine rings is 1. The maximum absolute atomic E-state index is 12.5. The number of fused-ring (bicyclic) bond motifs is 1. The summed E-state index contributed by atoms with van der Waals surface area (Å²) in [6.07, 6.45) is 1.22. The second-order valence-corrected chi connectivity index (χ2v) is 7.82. The number of rotatable bonds is 3. The van der Waals surface area contributed by atoms with E-state index >= 15 is 0 Å². The molecule has 0 saturated carbocycles. The molecule has 2 heterocycles. The van der Waals surface area contributed by atoms with Gasteiger partial charge in [-0.3, -0.25) is 4.79 Å². The lowest BCUT2D eigenvalue weighted by Gasteiger charge is -2.35. The van der Waals surface area contributed by atoms with Gasteiger partial charge in [-0.1, -0.05) is 43.8 Å². The first-order valence-electron chi connectivity index (χ1n) is 8.30. The third kappa shape index (κ3) is 3.86. The van der Waals surface area contributed by atoms with Crippen molar-refractivity contribution in [3.05, 3.63) is 35.9 Å². The molecular formula is C19H24N2OS. The molecule has 3 rings (SSSR count). The first-order chi connectivity index (χ1) is 11.0. The van der Waals surface area contributed by atoms with Crippen molar-refractivity contribution in [1.82, 2.24) is 9.88 Å². The Balaban J connectivity index is 1.67. The maximum atomic E-state index is 12.5. The van der Waals surface area contributed by atoms with E-state index in [0.29, 0.717) is 17.6 Å². The van der Waals surface area contributed by atoms with Crippen molar-refractivity contribution in [3.63, 3.8) is 0 Å². The minimum atomic E-state index is 0.237. The van der Waals surface area contributed by atoms with Gasteiger partial charge in [-0.25, -0.2) is 4.98 Å². The smallest absolute Gasteiger partial charge is 0.233 e. The molecule has 1 amide bonds. The second kappa shape index (κ2) is 6.91. The van der Waals surface area contributed by atoms with Crippen molar-refractivity contribution in [2.24, 2.45) is 11.8 Å². The van der Waals surface area contributed by atoms with Gasteiger partial charge in [0.05, 0.1) is 16.3 Å². The molecule has 0 radical (unpaired) electrons. The van der Waals surface area contributed by atoms with Gasteiger partial charge in [-0.2, -0.15) is 0 Å². The van der Waals surface area contributed by atoms with E-state index < -0.39 is 0 Å². The Morgan fingerprint density at radius 3 is 2.70 bits per heavy atom. The average Bonchev–Trinajstić information content (AvgIpc) is 2.52. The van der Waals surface area contributed by atoms with Crippen molar-refractivity contribution in [2.75, 3.05) is 18.8 Å². The number of thioether (sulfide) groups is 1. The van der Waals surface area contributed by atoms with E-state index in [4.69, 9.17) is 0 Å². The van der Waals surface area contributed by atoms with Crippen molar-refractivity contribution < 1.29 is 4.79 Å². The summed E-state index contributed by atoms with van der Waals surface area (Å²) in [6.45, 7) is 8.36. The number of carbonyl (C=O) groups is 1. The molecule has 4 heteroatoms. The second-order valence-electron chi connectivity index (χ2n) is 6.83. The van der Waals surface area contributed by atoms with Crippen LogP contribution in [-0.4, -0.2) is 34.6 Å². The van der Waals surface area contributed by atoms with Crippen LogP contribution in [0.5, 0.6) is 0 Å². The minimum absolute atomic E-state index is 0.237. The normalized spacial score (nSPS) is 21.6. The zero-order valence-corrected chi connectivity index (χ0v) is 14.9. The van der Waals surface area contributed by atoms with Crippen LogP contribution in [-0.2, 0) is 4.79 Å². The van der Waals surface area contributed by atoms with Crippen molar-refractivity contribution >= 4 is 28.6 Å². The van der Waals surface area contributed by atoms with E-state index in [1.54, 1.807) is 11.8 Å². The lowest BCUT2D eigenvalue weighted by molar-refractivity contribution is -0.130. The summed E-state index contributed by atoms with van der Waals surface area (Å²) in [5.74, 6) is 1.92. The van der Waals surface area contributed by atoms with Gasteiger partial charge in [0.2, 0.25) is 5.91 Å². The molecule has 1 saturated heterocycles. The van der Waals surface area contributed by atoms with Crippen molar-refractivity contribution in [2.45, 2.75) is 32.2 Å². The predicted molar refractivity (Wildman–Crippen MR) is 96.7 cm³/mol. The molecule has 1 fully saturated rings. The topological polar surface area (TPSA) is 33.2 Å². The number of likely N-dealkylation sites (tertiary alicyclic amines) is 1. The molecule has 0 bridgehead atoms. The van der Waals surface area contributed by atoms with Gasteiger partial charge in [-0.05, 0) is 42.9 Å². The summed E-state index contributed by atoms with van der Waals surface area (Å²) in [5, 5.41) is 2.12. The first-order valence-corrected chi connectivity index (χ1v) is 9.28. The molecule has 0 aliphatic carbocycles. The van der Waals surface area contributed by atoms with Crippen LogP contribution in [0.2, 0.25) is 0 Å². The fourth-order valence-corrected chi connectivity index (χ4v) is 4.36. The molecule has 1 aromatic carbocycles. The van der Waals surface area contributed by atoms with Crippen molar-refractivity contribution in [3.8, 4) is 0 Å². The van der Waals surface area contributed by atoms with Gasteiger partial charge < -0.3 is 4.90 Å². The third-order valence-corrected chi connectivity index (χ3v) is 5.36. The number of piperidine rings is 1. The molecule has 0 unspecified atom stereocenters. The fraction of sp³-hybridized carbons (Fsp3) is 0.474. The van der Waals surface area contributed by atoms with Crippen LogP contribution in [0.15, 0.2) is 35.4 Å². The lowest BCUT2D eigenvalue weighted by Crippen LogP contribution is -2.43. The van der Waals surface area contributed by atoms with Crippen LogP contribution < -0.4 is 0 Å². The number of hydrogen-bond donors (Lipinski definition) is 0. The molecule has 2 atom stereocenters. The number of nitrogens with zero attached hydrogens (tertiary/aromatic N) is 2. The van der Waals surface area contributed by atoms with Crippen LogP contribution >= 0.6 is 11.8 Å². The largest absolute Gasteiger partial charge is 0.341 e. The highest BCUT2D eigenvalue weighted by Gasteiger charge is 2.25.